The van der Waals surface area contributed by atoms with Gasteiger partial charge in [-0.3, -0.25) is 0 Å². The van der Waals surface area contributed by atoms with E-state index in [-0.39, 0.29) is 0 Å². The molecule has 0 fully saturated rings. The minimum Gasteiger partial charge on any atom is -0.426 e. The summed E-state index contributed by atoms with van der Waals surface area (Å²) in [7, 11) is 4.12. The highest BCUT2D eigenvalue weighted by atomic mass is 16.4. The summed E-state index contributed by atoms with van der Waals surface area (Å²) in [6.07, 6.45) is 0. The zero-order valence-corrected chi connectivity index (χ0v) is 8.16. The lowest BCUT2D eigenvalue weighted by molar-refractivity contribution is 0.272. The number of benzene rings is 1. The molecule has 0 atom stereocenters. The molecule has 0 unspecified atom stereocenters. The fourth-order valence-corrected chi connectivity index (χ4v) is 1.45. The van der Waals surface area contributed by atoms with Crippen molar-refractivity contribution in [2.24, 2.45) is 0 Å². The smallest absolute Gasteiger partial charge is 0.360 e. The van der Waals surface area contributed by atoms with Gasteiger partial charge in [0, 0.05) is 13.2 Å². The molecule has 1 aromatic carbocycles. The van der Waals surface area contributed by atoms with Crippen LogP contribution in [0.25, 0.3) is 0 Å². The summed E-state index contributed by atoms with van der Waals surface area (Å²) in [4.78, 5) is 2.13. The summed E-state index contributed by atoms with van der Waals surface area (Å²) in [5.41, 5.74) is 2.72. The SMILES string of the molecule is CN(C)CCOB1c2ccccc21. The summed E-state index contributed by atoms with van der Waals surface area (Å²) >= 11 is 0. The van der Waals surface area contributed by atoms with Crippen LogP contribution in [0.2, 0.25) is 0 Å². The summed E-state index contributed by atoms with van der Waals surface area (Å²) in [5.74, 6) is 0. The molecule has 1 aliphatic rings. The number of hydrogen-bond donors (Lipinski definition) is 0. The van der Waals surface area contributed by atoms with Crippen molar-refractivity contribution in [3.05, 3.63) is 24.3 Å². The van der Waals surface area contributed by atoms with Gasteiger partial charge in [-0.05, 0) is 25.0 Å². The molecule has 0 saturated carbocycles. The van der Waals surface area contributed by atoms with Crippen molar-refractivity contribution in [2.75, 3.05) is 27.2 Å². The Morgan fingerprint density at radius 1 is 1.23 bits per heavy atom. The maximum absolute atomic E-state index is 5.69. The second-order valence-corrected chi connectivity index (χ2v) is 3.68. The standard InChI is InChI=1S/C10H14BNO/c1-12(2)7-8-13-11-9-5-3-4-6-10(9)11/h3-6H,7-8H2,1-2H3. The third-order valence-corrected chi connectivity index (χ3v) is 2.30. The van der Waals surface area contributed by atoms with E-state index in [1.807, 2.05) is 0 Å². The van der Waals surface area contributed by atoms with Gasteiger partial charge in [0.05, 0.1) is 0 Å². The van der Waals surface area contributed by atoms with Crippen LogP contribution in [0.5, 0.6) is 0 Å². The van der Waals surface area contributed by atoms with Gasteiger partial charge in [-0.2, -0.15) is 0 Å². The molecule has 0 N–H and O–H groups in total. The summed E-state index contributed by atoms with van der Waals surface area (Å²) in [6.45, 7) is 2.10. The molecule has 0 saturated heterocycles. The molecule has 13 heavy (non-hydrogen) atoms. The van der Waals surface area contributed by atoms with Crippen LogP contribution in [-0.4, -0.2) is 39.1 Å². The quantitative estimate of drug-likeness (QED) is 0.581. The van der Waals surface area contributed by atoms with Gasteiger partial charge < -0.3 is 9.55 Å². The van der Waals surface area contributed by atoms with Crippen molar-refractivity contribution >= 4 is 17.8 Å². The molecule has 0 amide bonds. The van der Waals surface area contributed by atoms with E-state index in [2.05, 4.69) is 43.3 Å². The maximum atomic E-state index is 5.69. The Bertz CT molecular complexity index is 278. The first-order valence-corrected chi connectivity index (χ1v) is 4.64. The van der Waals surface area contributed by atoms with Gasteiger partial charge in [-0.15, -0.1) is 0 Å². The highest BCUT2D eigenvalue weighted by molar-refractivity contribution is 6.97. The van der Waals surface area contributed by atoms with E-state index < -0.39 is 0 Å². The largest absolute Gasteiger partial charge is 0.426 e. The first-order chi connectivity index (χ1) is 6.29. The third-order valence-electron chi connectivity index (χ3n) is 2.30. The predicted octanol–water partition coefficient (Wildman–Crippen LogP) is -0.316. The number of fused-ring (bicyclic) bond motifs is 1. The Kier molecular flexibility index (Phi) is 2.38. The van der Waals surface area contributed by atoms with Crippen molar-refractivity contribution in [1.29, 1.82) is 0 Å². The van der Waals surface area contributed by atoms with Crippen LogP contribution in [-0.2, 0) is 4.65 Å². The van der Waals surface area contributed by atoms with Crippen LogP contribution in [0.15, 0.2) is 24.3 Å². The third kappa shape index (κ3) is 1.93. The average Bonchev–Trinajstić information content (AvgIpc) is 2.79. The molecule has 68 valence electrons. The Morgan fingerprint density at radius 2 is 1.85 bits per heavy atom. The van der Waals surface area contributed by atoms with Crippen LogP contribution in [0.3, 0.4) is 0 Å². The predicted molar refractivity (Wildman–Crippen MR) is 56.0 cm³/mol. The Balaban J connectivity index is 1.76. The van der Waals surface area contributed by atoms with Gasteiger partial charge in [-0.25, -0.2) is 0 Å². The summed E-state index contributed by atoms with van der Waals surface area (Å²) in [5, 5.41) is 0. The number of rotatable bonds is 4. The highest BCUT2D eigenvalue weighted by Crippen LogP contribution is 2.01. The lowest BCUT2D eigenvalue weighted by atomic mass is 9.87. The molecule has 1 heterocycles. The van der Waals surface area contributed by atoms with Gasteiger partial charge >= 0.3 is 6.92 Å². The molecular weight excluding hydrogens is 161 g/mol. The molecular formula is C10H14BNO. The first kappa shape index (κ1) is 8.79. The van der Waals surface area contributed by atoms with Crippen LogP contribution in [0, 0.1) is 0 Å². The summed E-state index contributed by atoms with van der Waals surface area (Å²) in [6, 6.07) is 8.40. The van der Waals surface area contributed by atoms with E-state index >= 15 is 0 Å². The van der Waals surface area contributed by atoms with E-state index in [1.54, 1.807) is 0 Å². The van der Waals surface area contributed by atoms with E-state index in [1.165, 1.54) is 10.9 Å². The molecule has 1 aliphatic heterocycles. The topological polar surface area (TPSA) is 12.5 Å². The average molecular weight is 175 g/mol. The lowest BCUT2D eigenvalue weighted by Gasteiger charge is -2.08. The zero-order chi connectivity index (χ0) is 9.26. The lowest BCUT2D eigenvalue weighted by Crippen LogP contribution is -2.22. The normalized spacial score (nSPS) is 13.3. The number of hydrogen-bond acceptors (Lipinski definition) is 2. The fraction of sp³-hybridized carbons (Fsp3) is 0.400. The fourth-order valence-electron chi connectivity index (χ4n) is 1.45. The summed E-state index contributed by atoms with van der Waals surface area (Å²) < 4.78 is 5.69. The Labute approximate surface area is 79.6 Å². The van der Waals surface area contributed by atoms with Crippen LogP contribution < -0.4 is 10.9 Å². The van der Waals surface area contributed by atoms with Crippen molar-refractivity contribution in [3.8, 4) is 0 Å². The molecule has 0 bridgehead atoms. The number of nitrogens with zero attached hydrogens (tertiary/aromatic N) is 1. The van der Waals surface area contributed by atoms with Crippen LogP contribution in [0.1, 0.15) is 0 Å². The van der Waals surface area contributed by atoms with Crippen LogP contribution in [0.4, 0.5) is 0 Å². The van der Waals surface area contributed by atoms with Gasteiger partial charge in [-0.1, -0.05) is 24.3 Å². The van der Waals surface area contributed by atoms with E-state index in [9.17, 15) is 0 Å². The van der Waals surface area contributed by atoms with Crippen molar-refractivity contribution < 1.29 is 4.65 Å². The zero-order valence-electron chi connectivity index (χ0n) is 8.16. The molecule has 0 aromatic heterocycles. The minimum absolute atomic E-state index is 0.301. The van der Waals surface area contributed by atoms with Crippen LogP contribution >= 0.6 is 0 Å². The van der Waals surface area contributed by atoms with E-state index in [4.69, 9.17) is 4.65 Å². The molecule has 0 radical (unpaired) electrons. The van der Waals surface area contributed by atoms with Crippen molar-refractivity contribution in [1.82, 2.24) is 4.90 Å². The molecule has 0 spiro atoms. The van der Waals surface area contributed by atoms with E-state index in [0.29, 0.717) is 6.92 Å². The van der Waals surface area contributed by atoms with Crippen molar-refractivity contribution in [3.63, 3.8) is 0 Å². The molecule has 2 rings (SSSR count). The van der Waals surface area contributed by atoms with Gasteiger partial charge in [0.15, 0.2) is 0 Å². The molecule has 3 heteroatoms. The first-order valence-electron chi connectivity index (χ1n) is 4.64. The molecule has 2 nitrogen and oxygen atoms in total. The monoisotopic (exact) mass is 175 g/mol. The minimum atomic E-state index is 0.301. The molecule has 1 aromatic rings. The van der Waals surface area contributed by atoms with Gasteiger partial charge in [0.25, 0.3) is 0 Å². The maximum Gasteiger partial charge on any atom is 0.360 e. The van der Waals surface area contributed by atoms with Gasteiger partial charge in [0.1, 0.15) is 0 Å². The van der Waals surface area contributed by atoms with E-state index in [0.717, 1.165) is 13.2 Å². The Hall–Kier alpha value is -0.795. The second kappa shape index (κ2) is 3.52. The highest BCUT2D eigenvalue weighted by Gasteiger charge is 2.38. The van der Waals surface area contributed by atoms with Crippen molar-refractivity contribution in [2.45, 2.75) is 0 Å². The Morgan fingerprint density at radius 3 is 2.38 bits per heavy atom. The number of likely N-dealkylation sites (N-methyl/N-ethyl adjacent to an activating group) is 1. The second-order valence-electron chi connectivity index (χ2n) is 3.68. The molecule has 0 aliphatic carbocycles. The van der Waals surface area contributed by atoms with Gasteiger partial charge in [0.2, 0.25) is 0 Å².